The molecule has 4 rings (SSSR count). The summed E-state index contributed by atoms with van der Waals surface area (Å²) in [6.45, 7) is 5.15. The van der Waals surface area contributed by atoms with Gasteiger partial charge in [-0.15, -0.1) is 0 Å². The van der Waals surface area contributed by atoms with Gasteiger partial charge in [0, 0.05) is 29.2 Å². The van der Waals surface area contributed by atoms with Crippen molar-refractivity contribution in [2.45, 2.75) is 77.4 Å². The van der Waals surface area contributed by atoms with Crippen LogP contribution in [0.1, 0.15) is 76.0 Å². The van der Waals surface area contributed by atoms with E-state index in [1.807, 2.05) is 19.1 Å². The molecule has 0 aliphatic carbocycles. The maximum atomic E-state index is 15.0. The fraction of sp³-hybridized carbons (Fsp3) is 0.533. The van der Waals surface area contributed by atoms with Crippen molar-refractivity contribution in [1.82, 2.24) is 0 Å². The van der Waals surface area contributed by atoms with Gasteiger partial charge < -0.3 is 9.47 Å². The number of ether oxygens (including phenoxy) is 2. The van der Waals surface area contributed by atoms with Crippen LogP contribution >= 0.6 is 0 Å². The summed E-state index contributed by atoms with van der Waals surface area (Å²) in [5.74, 6) is -3.82. The predicted octanol–water partition coefficient (Wildman–Crippen LogP) is 8.48. The number of halogens is 4. The number of hydrogen-bond acceptors (Lipinski definition) is 2. The Hall–Kier alpha value is -2.18. The van der Waals surface area contributed by atoms with Crippen molar-refractivity contribution >= 4 is 0 Å². The molecule has 0 aromatic heterocycles. The number of benzene rings is 2. The summed E-state index contributed by atoms with van der Waals surface area (Å²) >= 11 is 0. The van der Waals surface area contributed by atoms with E-state index in [1.54, 1.807) is 0 Å². The normalized spacial score (nSPS) is 24.9. The van der Waals surface area contributed by atoms with Gasteiger partial charge in [0.2, 0.25) is 0 Å². The Kier molecular flexibility index (Phi) is 9.24. The zero-order valence-electron chi connectivity index (χ0n) is 21.2. The molecule has 36 heavy (non-hydrogen) atoms. The van der Waals surface area contributed by atoms with Crippen molar-refractivity contribution in [3.05, 3.63) is 70.8 Å². The molecular weight excluding hydrogens is 468 g/mol. The van der Waals surface area contributed by atoms with Crippen LogP contribution in [0.2, 0.25) is 0 Å². The van der Waals surface area contributed by atoms with Gasteiger partial charge >= 0.3 is 0 Å². The predicted molar refractivity (Wildman–Crippen MR) is 134 cm³/mol. The largest absolute Gasteiger partial charge is 0.378 e. The van der Waals surface area contributed by atoms with Crippen molar-refractivity contribution in [1.29, 1.82) is 0 Å². The fourth-order valence-corrected chi connectivity index (χ4v) is 5.45. The second-order valence-corrected chi connectivity index (χ2v) is 10.1. The van der Waals surface area contributed by atoms with E-state index in [1.165, 1.54) is 24.3 Å². The first kappa shape index (κ1) is 26.9. The number of hydrogen-bond donors (Lipinski definition) is 0. The minimum Gasteiger partial charge on any atom is -0.378 e. The maximum absolute atomic E-state index is 15.0. The minimum atomic E-state index is -1.18. The molecule has 4 atom stereocenters. The maximum Gasteiger partial charge on any atom is 0.167 e. The van der Waals surface area contributed by atoms with E-state index in [4.69, 9.17) is 9.47 Å². The van der Waals surface area contributed by atoms with E-state index in [0.29, 0.717) is 44.5 Å². The standard InChI is InChI=1S/C30H36F4O2/c1-3-5-19-9-16-26(36-18-19)25-15-14-24(29(33)30(25)34)23-13-11-21(27(31)28(23)32)10-7-20-8-12-22(6-4-2)35-17-20/h3,5,11,13-15,19-20,22,26H,4,6-10,12,16-18H2,1-2H3/b5-3+. The molecule has 4 unspecified atom stereocenters. The van der Waals surface area contributed by atoms with Crippen LogP contribution in [-0.4, -0.2) is 19.3 Å². The van der Waals surface area contributed by atoms with Crippen LogP contribution in [0.3, 0.4) is 0 Å². The quantitative estimate of drug-likeness (QED) is 0.265. The second kappa shape index (κ2) is 12.4. The van der Waals surface area contributed by atoms with Gasteiger partial charge in [-0.05, 0) is 63.4 Å². The van der Waals surface area contributed by atoms with Gasteiger partial charge in [0.15, 0.2) is 23.3 Å². The van der Waals surface area contributed by atoms with Crippen molar-refractivity contribution in [3.8, 4) is 11.1 Å². The lowest BCUT2D eigenvalue weighted by Gasteiger charge is -2.29. The lowest BCUT2D eigenvalue weighted by Crippen LogP contribution is -2.26. The van der Waals surface area contributed by atoms with Crippen LogP contribution < -0.4 is 0 Å². The van der Waals surface area contributed by atoms with Gasteiger partial charge in [0.05, 0.1) is 18.8 Å². The molecule has 2 nitrogen and oxygen atoms in total. The molecule has 0 amide bonds. The van der Waals surface area contributed by atoms with Crippen molar-refractivity contribution in [2.75, 3.05) is 13.2 Å². The number of aryl methyl sites for hydroxylation is 1. The first-order valence-electron chi connectivity index (χ1n) is 13.2. The molecule has 0 N–H and O–H groups in total. The van der Waals surface area contributed by atoms with E-state index < -0.39 is 29.4 Å². The Morgan fingerprint density at radius 2 is 1.56 bits per heavy atom. The molecule has 196 valence electrons. The third-order valence-corrected chi connectivity index (χ3v) is 7.58. The topological polar surface area (TPSA) is 18.5 Å². The SMILES string of the molecule is C/C=C/C1CCC(c2ccc(-c3ccc(CCC4CCC(CCC)OC4)c(F)c3F)c(F)c2F)OC1. The highest BCUT2D eigenvalue weighted by atomic mass is 19.2. The molecule has 2 aromatic rings. The summed E-state index contributed by atoms with van der Waals surface area (Å²) in [5, 5.41) is 0. The molecule has 0 bridgehead atoms. The Labute approximate surface area is 211 Å². The summed E-state index contributed by atoms with van der Waals surface area (Å²) in [4.78, 5) is 0. The summed E-state index contributed by atoms with van der Waals surface area (Å²) in [5.41, 5.74) is -0.205. The average Bonchev–Trinajstić information content (AvgIpc) is 2.89. The van der Waals surface area contributed by atoms with Crippen LogP contribution in [0.25, 0.3) is 11.1 Å². The van der Waals surface area contributed by atoms with Gasteiger partial charge in [0.1, 0.15) is 0 Å². The summed E-state index contributed by atoms with van der Waals surface area (Å²) in [6.07, 6.45) is 10.4. The molecular formula is C30H36F4O2. The fourth-order valence-electron chi connectivity index (χ4n) is 5.45. The van der Waals surface area contributed by atoms with Gasteiger partial charge in [-0.2, -0.15) is 0 Å². The van der Waals surface area contributed by atoms with Gasteiger partial charge in [0.25, 0.3) is 0 Å². The number of allylic oxidation sites excluding steroid dienone is 1. The third kappa shape index (κ3) is 6.03. The zero-order chi connectivity index (χ0) is 25.7. The van der Waals surface area contributed by atoms with E-state index in [2.05, 4.69) is 6.92 Å². The molecule has 2 aliphatic heterocycles. The van der Waals surface area contributed by atoms with E-state index in [0.717, 1.165) is 32.1 Å². The molecule has 0 spiro atoms. The second-order valence-electron chi connectivity index (χ2n) is 10.1. The van der Waals surface area contributed by atoms with Crippen LogP contribution in [0.15, 0.2) is 36.4 Å². The monoisotopic (exact) mass is 504 g/mol. The molecule has 2 aliphatic rings. The van der Waals surface area contributed by atoms with Crippen molar-refractivity contribution in [3.63, 3.8) is 0 Å². The number of rotatable bonds is 8. The van der Waals surface area contributed by atoms with Crippen molar-refractivity contribution in [2.24, 2.45) is 11.8 Å². The van der Waals surface area contributed by atoms with E-state index in [-0.39, 0.29) is 28.2 Å². The summed E-state index contributed by atoms with van der Waals surface area (Å²) in [6, 6.07) is 5.57. The lowest BCUT2D eigenvalue weighted by molar-refractivity contribution is -0.0218. The Morgan fingerprint density at radius 3 is 2.19 bits per heavy atom. The highest BCUT2D eigenvalue weighted by Gasteiger charge is 2.28. The van der Waals surface area contributed by atoms with Crippen molar-refractivity contribution < 1.29 is 27.0 Å². The molecule has 6 heteroatoms. The zero-order valence-corrected chi connectivity index (χ0v) is 21.2. The first-order valence-corrected chi connectivity index (χ1v) is 13.2. The van der Waals surface area contributed by atoms with Crippen LogP contribution in [0.5, 0.6) is 0 Å². The van der Waals surface area contributed by atoms with Gasteiger partial charge in [-0.25, -0.2) is 17.6 Å². The molecule has 2 saturated heterocycles. The van der Waals surface area contributed by atoms with Crippen LogP contribution in [0, 0.1) is 35.1 Å². The third-order valence-electron chi connectivity index (χ3n) is 7.58. The summed E-state index contributed by atoms with van der Waals surface area (Å²) in [7, 11) is 0. The molecule has 0 saturated carbocycles. The van der Waals surface area contributed by atoms with Gasteiger partial charge in [-0.1, -0.05) is 49.8 Å². The molecule has 2 aromatic carbocycles. The Bertz CT molecular complexity index is 1050. The smallest absolute Gasteiger partial charge is 0.167 e. The molecule has 2 fully saturated rings. The van der Waals surface area contributed by atoms with Gasteiger partial charge in [-0.3, -0.25) is 0 Å². The minimum absolute atomic E-state index is 0.114. The average molecular weight is 505 g/mol. The molecule has 0 radical (unpaired) electrons. The summed E-state index contributed by atoms with van der Waals surface area (Å²) < 4.78 is 71.6. The van der Waals surface area contributed by atoms with Crippen LogP contribution in [0.4, 0.5) is 17.6 Å². The van der Waals surface area contributed by atoms with E-state index in [9.17, 15) is 8.78 Å². The first-order chi connectivity index (χ1) is 17.4. The highest BCUT2D eigenvalue weighted by molar-refractivity contribution is 5.66. The Morgan fingerprint density at radius 1 is 0.806 bits per heavy atom. The Balaban J connectivity index is 1.44. The van der Waals surface area contributed by atoms with E-state index >= 15 is 8.78 Å². The van der Waals surface area contributed by atoms with Crippen LogP contribution in [-0.2, 0) is 15.9 Å². The highest BCUT2D eigenvalue weighted by Crippen LogP contribution is 2.37. The lowest BCUT2D eigenvalue weighted by atomic mass is 9.90. The molecule has 2 heterocycles.